The van der Waals surface area contributed by atoms with Gasteiger partial charge in [0.15, 0.2) is 5.58 Å². The summed E-state index contributed by atoms with van der Waals surface area (Å²) in [5, 5.41) is 5.05. The molecule has 1 atom stereocenters. The van der Waals surface area contributed by atoms with Crippen LogP contribution in [0.4, 0.5) is 0 Å². The maximum atomic E-state index is 5.99. The van der Waals surface area contributed by atoms with Crippen LogP contribution in [0, 0.1) is 12.8 Å². The number of aromatic nitrogens is 1. The normalized spacial score (nSPS) is 28.9. The van der Waals surface area contributed by atoms with Crippen LogP contribution in [0.3, 0.4) is 0 Å². The Labute approximate surface area is 118 Å². The SMILES string of the molecule is Cc1noc2cc(OCC3CC4CCN3CC4)ccc12. The largest absolute Gasteiger partial charge is 0.492 e. The Kier molecular flexibility index (Phi) is 2.91. The van der Waals surface area contributed by atoms with Crippen molar-refractivity contribution in [1.29, 1.82) is 0 Å². The molecule has 0 amide bonds. The minimum absolute atomic E-state index is 0.592. The molecule has 4 heteroatoms. The van der Waals surface area contributed by atoms with Gasteiger partial charge in [0.05, 0.1) is 5.69 Å². The van der Waals surface area contributed by atoms with Gasteiger partial charge in [-0.1, -0.05) is 5.16 Å². The molecule has 4 heterocycles. The summed E-state index contributed by atoms with van der Waals surface area (Å²) in [4.78, 5) is 2.58. The molecule has 0 aliphatic carbocycles. The summed E-state index contributed by atoms with van der Waals surface area (Å²) in [5.74, 6) is 1.81. The summed E-state index contributed by atoms with van der Waals surface area (Å²) in [5.41, 5.74) is 1.74. The van der Waals surface area contributed by atoms with E-state index < -0.39 is 0 Å². The summed E-state index contributed by atoms with van der Waals surface area (Å²) in [6.07, 6.45) is 4.04. The van der Waals surface area contributed by atoms with Gasteiger partial charge in [-0.05, 0) is 57.3 Å². The standard InChI is InChI=1S/C16H20N2O2/c1-11-15-3-2-14(9-16(15)20-17-11)19-10-13-8-12-4-6-18(13)7-5-12/h2-3,9,12-13H,4-8,10H2,1H3. The molecule has 106 valence electrons. The zero-order valence-electron chi connectivity index (χ0n) is 11.8. The van der Waals surface area contributed by atoms with Crippen molar-refractivity contribution in [3.63, 3.8) is 0 Å². The fourth-order valence-electron chi connectivity index (χ4n) is 3.59. The Hall–Kier alpha value is -1.55. The third-order valence-corrected chi connectivity index (χ3v) is 4.84. The molecule has 2 aromatic rings. The van der Waals surface area contributed by atoms with Crippen LogP contribution in [0.5, 0.6) is 5.75 Å². The van der Waals surface area contributed by atoms with Crippen molar-refractivity contribution >= 4 is 11.0 Å². The van der Waals surface area contributed by atoms with Crippen molar-refractivity contribution in [2.24, 2.45) is 5.92 Å². The summed E-state index contributed by atoms with van der Waals surface area (Å²) >= 11 is 0. The molecule has 0 saturated carbocycles. The van der Waals surface area contributed by atoms with E-state index >= 15 is 0 Å². The molecule has 1 aromatic heterocycles. The van der Waals surface area contributed by atoms with Gasteiger partial charge in [0.25, 0.3) is 0 Å². The van der Waals surface area contributed by atoms with Crippen LogP contribution >= 0.6 is 0 Å². The van der Waals surface area contributed by atoms with Gasteiger partial charge < -0.3 is 9.26 Å². The van der Waals surface area contributed by atoms with Gasteiger partial charge in [-0.25, -0.2) is 0 Å². The van der Waals surface area contributed by atoms with Gasteiger partial charge in [0.1, 0.15) is 12.4 Å². The highest BCUT2D eigenvalue weighted by molar-refractivity contribution is 5.80. The lowest BCUT2D eigenvalue weighted by molar-refractivity contribution is 0.0238. The molecule has 3 aliphatic heterocycles. The van der Waals surface area contributed by atoms with Crippen molar-refractivity contribution in [2.75, 3.05) is 19.7 Å². The predicted molar refractivity (Wildman–Crippen MR) is 76.9 cm³/mol. The van der Waals surface area contributed by atoms with E-state index in [9.17, 15) is 0 Å². The van der Waals surface area contributed by atoms with Crippen LogP contribution in [-0.2, 0) is 0 Å². The molecule has 0 N–H and O–H groups in total. The van der Waals surface area contributed by atoms with Crippen LogP contribution in [-0.4, -0.2) is 35.8 Å². The molecule has 1 unspecified atom stereocenters. The number of benzene rings is 1. The molecule has 2 bridgehead atoms. The lowest BCUT2D eigenvalue weighted by Crippen LogP contribution is -2.51. The van der Waals surface area contributed by atoms with Gasteiger partial charge in [-0.15, -0.1) is 0 Å². The number of nitrogens with zero attached hydrogens (tertiary/aromatic N) is 2. The summed E-state index contributed by atoms with van der Waals surface area (Å²) in [7, 11) is 0. The first-order valence-corrected chi connectivity index (χ1v) is 7.52. The molecular formula is C16H20N2O2. The Bertz CT molecular complexity index is 614. The van der Waals surface area contributed by atoms with Crippen molar-refractivity contribution < 1.29 is 9.26 Å². The topological polar surface area (TPSA) is 38.5 Å². The number of fused-ring (bicyclic) bond motifs is 4. The van der Waals surface area contributed by atoms with Crippen LogP contribution < -0.4 is 4.74 Å². The Balaban J connectivity index is 1.45. The van der Waals surface area contributed by atoms with E-state index in [1.807, 2.05) is 25.1 Å². The predicted octanol–water partition coefficient (Wildman–Crippen LogP) is 3.00. The second kappa shape index (κ2) is 4.77. The molecular weight excluding hydrogens is 252 g/mol. The monoisotopic (exact) mass is 272 g/mol. The molecule has 5 rings (SSSR count). The van der Waals surface area contributed by atoms with E-state index in [1.54, 1.807) is 0 Å². The minimum Gasteiger partial charge on any atom is -0.492 e. The molecule has 3 fully saturated rings. The second-order valence-electron chi connectivity index (χ2n) is 6.11. The van der Waals surface area contributed by atoms with Crippen LogP contribution in [0.1, 0.15) is 25.0 Å². The van der Waals surface area contributed by atoms with E-state index in [1.165, 1.54) is 32.4 Å². The van der Waals surface area contributed by atoms with E-state index in [2.05, 4.69) is 10.1 Å². The number of hydrogen-bond donors (Lipinski definition) is 0. The maximum Gasteiger partial charge on any atom is 0.170 e. The van der Waals surface area contributed by atoms with Gasteiger partial charge >= 0.3 is 0 Å². The highest BCUT2D eigenvalue weighted by Gasteiger charge is 2.33. The fraction of sp³-hybridized carbons (Fsp3) is 0.562. The maximum absolute atomic E-state index is 5.99. The third-order valence-electron chi connectivity index (χ3n) is 4.84. The Morgan fingerprint density at radius 1 is 1.35 bits per heavy atom. The number of rotatable bonds is 3. The third kappa shape index (κ3) is 2.08. The summed E-state index contributed by atoms with van der Waals surface area (Å²) < 4.78 is 11.3. The first-order valence-electron chi connectivity index (χ1n) is 7.52. The average molecular weight is 272 g/mol. The number of piperidine rings is 3. The molecule has 1 aromatic carbocycles. The first-order chi connectivity index (χ1) is 9.79. The Morgan fingerprint density at radius 2 is 2.20 bits per heavy atom. The zero-order valence-corrected chi connectivity index (χ0v) is 11.8. The summed E-state index contributed by atoms with van der Waals surface area (Å²) in [6, 6.07) is 6.59. The van der Waals surface area contributed by atoms with Crippen molar-refractivity contribution in [1.82, 2.24) is 10.1 Å². The fourth-order valence-corrected chi connectivity index (χ4v) is 3.59. The molecule has 4 nitrogen and oxygen atoms in total. The highest BCUT2D eigenvalue weighted by Crippen LogP contribution is 2.32. The minimum atomic E-state index is 0.592. The first kappa shape index (κ1) is 12.2. The quantitative estimate of drug-likeness (QED) is 0.861. The lowest BCUT2D eigenvalue weighted by atomic mass is 9.83. The van der Waals surface area contributed by atoms with E-state index in [0.717, 1.165) is 34.9 Å². The lowest BCUT2D eigenvalue weighted by Gasteiger charge is -2.45. The van der Waals surface area contributed by atoms with Crippen molar-refractivity contribution in [3.8, 4) is 5.75 Å². The van der Waals surface area contributed by atoms with E-state index in [0.29, 0.717) is 6.04 Å². The van der Waals surface area contributed by atoms with Gasteiger partial charge in [-0.3, -0.25) is 4.90 Å². The van der Waals surface area contributed by atoms with Gasteiger partial charge in [0, 0.05) is 17.5 Å². The Morgan fingerprint density at radius 3 is 2.95 bits per heavy atom. The zero-order chi connectivity index (χ0) is 13.5. The van der Waals surface area contributed by atoms with Crippen LogP contribution in [0.15, 0.2) is 22.7 Å². The molecule has 20 heavy (non-hydrogen) atoms. The molecule has 0 spiro atoms. The molecule has 3 saturated heterocycles. The van der Waals surface area contributed by atoms with E-state index in [-0.39, 0.29) is 0 Å². The summed E-state index contributed by atoms with van der Waals surface area (Å²) in [6.45, 7) is 5.24. The van der Waals surface area contributed by atoms with E-state index in [4.69, 9.17) is 9.26 Å². The number of hydrogen-bond acceptors (Lipinski definition) is 4. The smallest absolute Gasteiger partial charge is 0.170 e. The van der Waals surface area contributed by atoms with Crippen molar-refractivity contribution in [3.05, 3.63) is 23.9 Å². The molecule has 0 radical (unpaired) electrons. The number of aryl methyl sites for hydroxylation is 1. The second-order valence-corrected chi connectivity index (χ2v) is 6.11. The van der Waals surface area contributed by atoms with Crippen LogP contribution in [0.25, 0.3) is 11.0 Å². The van der Waals surface area contributed by atoms with Crippen LogP contribution in [0.2, 0.25) is 0 Å². The number of ether oxygens (including phenoxy) is 1. The molecule has 3 aliphatic rings. The van der Waals surface area contributed by atoms with Crippen molar-refractivity contribution in [2.45, 2.75) is 32.2 Å². The van der Waals surface area contributed by atoms with Gasteiger partial charge in [-0.2, -0.15) is 0 Å². The average Bonchev–Trinajstić information content (AvgIpc) is 2.87. The highest BCUT2D eigenvalue weighted by atomic mass is 16.5. The van der Waals surface area contributed by atoms with Gasteiger partial charge in [0.2, 0.25) is 0 Å².